The quantitative estimate of drug-likeness (QED) is 0.418. The number of barbiturate groups is 1. The summed E-state index contributed by atoms with van der Waals surface area (Å²) < 4.78 is 10.4. The van der Waals surface area contributed by atoms with E-state index < -0.39 is 23.4 Å². The minimum absolute atomic E-state index is 0.0949. The molecule has 0 bridgehead atoms. The highest BCUT2D eigenvalue weighted by molar-refractivity contribution is 6.22. The van der Waals surface area contributed by atoms with Gasteiger partial charge < -0.3 is 14.7 Å². The first-order valence-electron chi connectivity index (χ1n) is 6.02. The molecule has 3 rings (SSSR count). The molecule has 0 unspecified atom stereocenters. The number of hydroxylamine groups is 1. The van der Waals surface area contributed by atoms with Gasteiger partial charge in [-0.05, 0) is 17.7 Å². The fraction of sp³-hybridized carbons (Fsp3) is 0.250. The van der Waals surface area contributed by atoms with Crippen LogP contribution in [-0.2, 0) is 16.0 Å². The lowest BCUT2D eigenvalue weighted by atomic mass is 9.88. The Morgan fingerprint density at radius 3 is 2.48 bits per heavy atom. The maximum atomic E-state index is 11.9. The van der Waals surface area contributed by atoms with Gasteiger partial charge in [0.1, 0.15) is 0 Å². The highest BCUT2D eigenvalue weighted by Gasteiger charge is 2.50. The average Bonchev–Trinajstić information content (AvgIpc) is 2.90. The number of carbonyl (C=O) groups is 3. The Bertz CT molecular complexity index is 624. The van der Waals surface area contributed by atoms with Crippen molar-refractivity contribution in [2.75, 3.05) is 6.79 Å². The highest BCUT2D eigenvalue weighted by Crippen LogP contribution is 2.33. The van der Waals surface area contributed by atoms with Gasteiger partial charge in [0.05, 0.1) is 0 Å². The Kier molecular flexibility index (Phi) is 3.00. The molecule has 0 radical (unpaired) electrons. The molecule has 4 amide bonds. The molecule has 9 heteroatoms. The number of fused-ring (bicyclic) bond motifs is 1. The van der Waals surface area contributed by atoms with Gasteiger partial charge in [-0.3, -0.25) is 20.2 Å². The van der Waals surface area contributed by atoms with Crippen molar-refractivity contribution in [2.24, 2.45) is 0 Å². The molecule has 21 heavy (non-hydrogen) atoms. The van der Waals surface area contributed by atoms with Gasteiger partial charge in [0.25, 0.3) is 11.8 Å². The van der Waals surface area contributed by atoms with Crippen LogP contribution in [0.25, 0.3) is 0 Å². The fourth-order valence-electron chi connectivity index (χ4n) is 2.21. The van der Waals surface area contributed by atoms with Crippen LogP contribution in [0.3, 0.4) is 0 Å². The highest BCUT2D eigenvalue weighted by atomic mass is 16.7. The van der Waals surface area contributed by atoms with Crippen molar-refractivity contribution in [3.05, 3.63) is 23.8 Å². The molecule has 0 spiro atoms. The largest absolute Gasteiger partial charge is 0.454 e. The second-order valence-corrected chi connectivity index (χ2v) is 4.62. The van der Waals surface area contributed by atoms with Gasteiger partial charge in [0, 0.05) is 6.42 Å². The van der Waals surface area contributed by atoms with Crippen molar-refractivity contribution in [3.8, 4) is 11.5 Å². The summed E-state index contributed by atoms with van der Waals surface area (Å²) >= 11 is 0. The van der Waals surface area contributed by atoms with Gasteiger partial charge in [-0.25, -0.2) is 4.79 Å². The molecule has 9 nitrogen and oxygen atoms in total. The molecular weight excluding hydrogens is 282 g/mol. The number of carbonyl (C=O) groups excluding carboxylic acids is 3. The number of amides is 4. The minimum atomic E-state index is -1.98. The Morgan fingerprint density at radius 2 is 1.81 bits per heavy atom. The van der Waals surface area contributed by atoms with E-state index in [4.69, 9.17) is 9.47 Å². The molecule has 2 aliphatic rings. The van der Waals surface area contributed by atoms with E-state index in [9.17, 15) is 19.6 Å². The fourth-order valence-corrected chi connectivity index (χ4v) is 2.21. The van der Waals surface area contributed by atoms with E-state index in [0.717, 1.165) is 0 Å². The molecule has 0 saturated carbocycles. The molecule has 1 saturated heterocycles. The third kappa shape index (κ3) is 2.08. The lowest BCUT2D eigenvalue weighted by Crippen LogP contribution is -2.72. The lowest BCUT2D eigenvalue weighted by molar-refractivity contribution is -0.145. The Hall–Kier alpha value is -2.65. The van der Waals surface area contributed by atoms with E-state index in [-0.39, 0.29) is 13.2 Å². The summed E-state index contributed by atoms with van der Waals surface area (Å²) in [6.07, 6.45) is -0.176. The first-order chi connectivity index (χ1) is 10.0. The summed E-state index contributed by atoms with van der Waals surface area (Å²) in [6.45, 7) is 0.0949. The summed E-state index contributed by atoms with van der Waals surface area (Å²) in [4.78, 5) is 35.0. The molecule has 0 aliphatic carbocycles. The smallest absolute Gasteiger partial charge is 0.328 e. The summed E-state index contributed by atoms with van der Waals surface area (Å²) in [7, 11) is 0. The molecule has 2 heterocycles. The van der Waals surface area contributed by atoms with Crippen molar-refractivity contribution in [2.45, 2.75) is 12.0 Å². The first kappa shape index (κ1) is 13.3. The van der Waals surface area contributed by atoms with Crippen LogP contribution < -0.4 is 25.6 Å². The number of nitrogens with one attached hydrogen (secondary N) is 3. The third-order valence-electron chi connectivity index (χ3n) is 3.33. The monoisotopic (exact) mass is 293 g/mol. The molecule has 1 fully saturated rings. The Labute approximate surface area is 118 Å². The number of imide groups is 2. The maximum Gasteiger partial charge on any atom is 0.328 e. The molecular formula is C12H11N3O6. The second-order valence-electron chi connectivity index (χ2n) is 4.62. The van der Waals surface area contributed by atoms with Gasteiger partial charge in [0.2, 0.25) is 12.3 Å². The zero-order chi connectivity index (χ0) is 15.0. The number of urea groups is 1. The van der Waals surface area contributed by atoms with Crippen LogP contribution in [0.4, 0.5) is 4.79 Å². The van der Waals surface area contributed by atoms with Crippen molar-refractivity contribution in [1.82, 2.24) is 16.1 Å². The molecule has 2 aliphatic heterocycles. The Balaban J connectivity index is 1.92. The van der Waals surface area contributed by atoms with Crippen LogP contribution in [-0.4, -0.2) is 35.4 Å². The van der Waals surface area contributed by atoms with E-state index in [1.807, 2.05) is 10.6 Å². The zero-order valence-corrected chi connectivity index (χ0v) is 10.6. The van der Waals surface area contributed by atoms with Gasteiger partial charge in [-0.2, -0.15) is 5.48 Å². The van der Waals surface area contributed by atoms with E-state index in [2.05, 4.69) is 0 Å². The average molecular weight is 293 g/mol. The summed E-state index contributed by atoms with van der Waals surface area (Å²) in [5.74, 6) is -0.835. The van der Waals surface area contributed by atoms with Gasteiger partial charge in [0.15, 0.2) is 11.5 Å². The van der Waals surface area contributed by atoms with Crippen LogP contribution in [0.15, 0.2) is 18.2 Å². The van der Waals surface area contributed by atoms with Crippen LogP contribution >= 0.6 is 0 Å². The SMILES string of the molecule is O=C1NC(=O)C(Cc2ccc3c(c2)OCO3)(NO)C(=O)N1. The third-order valence-corrected chi connectivity index (χ3v) is 3.33. The topological polar surface area (TPSA) is 126 Å². The lowest BCUT2D eigenvalue weighted by Gasteiger charge is -2.32. The van der Waals surface area contributed by atoms with Gasteiger partial charge in [-0.1, -0.05) is 6.07 Å². The van der Waals surface area contributed by atoms with Crippen LogP contribution in [0.1, 0.15) is 5.56 Å². The number of ether oxygens (including phenoxy) is 2. The van der Waals surface area contributed by atoms with Gasteiger partial charge in [-0.15, -0.1) is 0 Å². The number of benzene rings is 1. The van der Waals surface area contributed by atoms with Crippen molar-refractivity contribution >= 4 is 17.8 Å². The number of hydrogen-bond donors (Lipinski definition) is 4. The van der Waals surface area contributed by atoms with Crippen molar-refractivity contribution < 1.29 is 29.1 Å². The van der Waals surface area contributed by atoms with E-state index >= 15 is 0 Å². The molecule has 1 aromatic rings. The summed E-state index contributed by atoms with van der Waals surface area (Å²) in [6, 6.07) is 3.93. The normalized spacial score (nSPS) is 19.2. The van der Waals surface area contributed by atoms with Crippen LogP contribution in [0.5, 0.6) is 11.5 Å². The minimum Gasteiger partial charge on any atom is -0.454 e. The first-order valence-corrected chi connectivity index (χ1v) is 6.02. The maximum absolute atomic E-state index is 11.9. The second kappa shape index (κ2) is 4.72. The van der Waals surface area contributed by atoms with Crippen LogP contribution in [0.2, 0.25) is 0 Å². The molecule has 1 aromatic carbocycles. The van der Waals surface area contributed by atoms with E-state index in [1.54, 1.807) is 23.7 Å². The summed E-state index contributed by atoms with van der Waals surface area (Å²) in [5.41, 5.74) is 0.263. The summed E-state index contributed by atoms with van der Waals surface area (Å²) in [5, 5.41) is 13.2. The number of hydrogen-bond acceptors (Lipinski definition) is 7. The Morgan fingerprint density at radius 1 is 1.14 bits per heavy atom. The molecule has 4 N–H and O–H groups in total. The molecule has 0 aromatic heterocycles. The van der Waals surface area contributed by atoms with Gasteiger partial charge >= 0.3 is 6.03 Å². The molecule has 110 valence electrons. The predicted octanol–water partition coefficient (Wildman–Crippen LogP) is -0.959. The van der Waals surface area contributed by atoms with Crippen LogP contribution in [0, 0.1) is 0 Å². The van der Waals surface area contributed by atoms with Crippen molar-refractivity contribution in [1.29, 1.82) is 0 Å². The zero-order valence-electron chi connectivity index (χ0n) is 10.6. The molecule has 0 atom stereocenters. The van der Waals surface area contributed by atoms with Crippen molar-refractivity contribution in [3.63, 3.8) is 0 Å². The van der Waals surface area contributed by atoms with E-state index in [0.29, 0.717) is 17.1 Å². The van der Waals surface area contributed by atoms with E-state index in [1.165, 1.54) is 0 Å². The standard InChI is InChI=1S/C12H11N3O6/c16-9-12(15-19,10(17)14-11(18)13-9)4-6-1-2-7-8(3-6)21-5-20-7/h1-3,15,19H,4-5H2,(H2,13,14,16,17,18). The number of rotatable bonds is 3. The predicted molar refractivity (Wildman–Crippen MR) is 65.6 cm³/mol.